The van der Waals surface area contributed by atoms with Crippen molar-refractivity contribution in [2.45, 2.75) is 38.1 Å². The average molecular weight is 272 g/mol. The highest BCUT2D eigenvalue weighted by Gasteiger charge is 2.29. The van der Waals surface area contributed by atoms with Crippen LogP contribution in [-0.2, 0) is 6.54 Å². The predicted octanol–water partition coefficient (Wildman–Crippen LogP) is 2.84. The third-order valence-corrected chi connectivity index (χ3v) is 3.98. The zero-order valence-electron chi connectivity index (χ0n) is 12.5. The Labute approximate surface area is 120 Å². The number of hydrogen-bond donors (Lipinski definition) is 1. The van der Waals surface area contributed by atoms with Gasteiger partial charge < -0.3 is 15.2 Å². The molecule has 3 rings (SSSR count). The molecule has 1 aromatic carbocycles. The minimum atomic E-state index is 0.678. The Morgan fingerprint density at radius 2 is 2.10 bits per heavy atom. The lowest BCUT2D eigenvalue weighted by Crippen LogP contribution is -2.13. The van der Waals surface area contributed by atoms with Gasteiger partial charge in [-0.25, -0.2) is 4.98 Å². The summed E-state index contributed by atoms with van der Waals surface area (Å²) in [6, 6.07) is 6.10. The normalized spacial score (nSPS) is 15.3. The van der Waals surface area contributed by atoms with E-state index in [2.05, 4.69) is 29.6 Å². The van der Waals surface area contributed by atoms with Gasteiger partial charge in [0.05, 0.1) is 11.0 Å². The summed E-state index contributed by atoms with van der Waals surface area (Å²) in [6.45, 7) is 2.22. The van der Waals surface area contributed by atoms with Crippen LogP contribution in [0.15, 0.2) is 18.2 Å². The van der Waals surface area contributed by atoms with Gasteiger partial charge >= 0.3 is 0 Å². The molecule has 2 N–H and O–H groups in total. The average Bonchev–Trinajstić information content (AvgIpc) is 3.17. The highest BCUT2D eigenvalue weighted by Crippen LogP contribution is 2.40. The molecule has 20 heavy (non-hydrogen) atoms. The van der Waals surface area contributed by atoms with E-state index in [4.69, 9.17) is 10.7 Å². The van der Waals surface area contributed by atoms with E-state index in [1.54, 1.807) is 0 Å². The predicted molar refractivity (Wildman–Crippen MR) is 83.9 cm³/mol. The van der Waals surface area contributed by atoms with Crippen molar-refractivity contribution in [3.63, 3.8) is 0 Å². The molecular formula is C16H24N4. The molecule has 0 amide bonds. The molecule has 1 fully saturated rings. The second-order valence-corrected chi connectivity index (χ2v) is 6.15. The van der Waals surface area contributed by atoms with Crippen molar-refractivity contribution in [2.75, 3.05) is 26.4 Å². The molecule has 0 aliphatic heterocycles. The number of fused-ring (bicyclic) bond motifs is 1. The lowest BCUT2D eigenvalue weighted by atomic mass is 10.2. The number of aryl methyl sites for hydroxylation is 1. The van der Waals surface area contributed by atoms with Crippen LogP contribution in [0.2, 0.25) is 0 Å². The first-order valence-electron chi connectivity index (χ1n) is 7.55. The summed E-state index contributed by atoms with van der Waals surface area (Å²) in [7, 11) is 4.26. The van der Waals surface area contributed by atoms with E-state index in [1.165, 1.54) is 37.0 Å². The van der Waals surface area contributed by atoms with Crippen molar-refractivity contribution < 1.29 is 0 Å². The SMILES string of the molecule is CN(C)CCCCn1c(C2CC2)nc2cc(N)ccc21. The van der Waals surface area contributed by atoms with Gasteiger partial charge in [-0.3, -0.25) is 0 Å². The van der Waals surface area contributed by atoms with E-state index in [0.29, 0.717) is 5.92 Å². The van der Waals surface area contributed by atoms with E-state index in [9.17, 15) is 0 Å². The first-order chi connectivity index (χ1) is 9.65. The molecule has 1 heterocycles. The number of nitrogens with zero attached hydrogens (tertiary/aromatic N) is 3. The Morgan fingerprint density at radius 3 is 2.80 bits per heavy atom. The van der Waals surface area contributed by atoms with Crippen LogP contribution in [0.3, 0.4) is 0 Å². The molecule has 0 atom stereocenters. The monoisotopic (exact) mass is 272 g/mol. The van der Waals surface area contributed by atoms with Crippen LogP contribution in [0.5, 0.6) is 0 Å². The van der Waals surface area contributed by atoms with Gasteiger partial charge in [0.1, 0.15) is 5.82 Å². The molecular weight excluding hydrogens is 248 g/mol. The van der Waals surface area contributed by atoms with Crippen LogP contribution in [0.25, 0.3) is 11.0 Å². The fraction of sp³-hybridized carbons (Fsp3) is 0.562. The fourth-order valence-electron chi connectivity index (χ4n) is 2.75. The van der Waals surface area contributed by atoms with Crippen molar-refractivity contribution in [2.24, 2.45) is 0 Å². The number of anilines is 1. The molecule has 1 aliphatic carbocycles. The van der Waals surface area contributed by atoms with Gasteiger partial charge in [-0.1, -0.05) is 0 Å². The lowest BCUT2D eigenvalue weighted by Gasteiger charge is -2.11. The van der Waals surface area contributed by atoms with Crippen molar-refractivity contribution in [1.82, 2.24) is 14.5 Å². The summed E-state index contributed by atoms with van der Waals surface area (Å²) in [4.78, 5) is 7.07. The number of imidazole rings is 1. The van der Waals surface area contributed by atoms with Crippen LogP contribution in [0.4, 0.5) is 5.69 Å². The molecule has 2 aromatic rings. The standard InChI is InChI=1S/C16H24N4/c1-19(2)9-3-4-10-20-15-8-7-13(17)11-14(15)18-16(20)12-5-6-12/h7-8,11-12H,3-6,9-10,17H2,1-2H3. The zero-order valence-corrected chi connectivity index (χ0v) is 12.5. The molecule has 0 unspecified atom stereocenters. The quantitative estimate of drug-likeness (QED) is 0.650. The maximum atomic E-state index is 5.88. The Balaban J connectivity index is 1.81. The zero-order chi connectivity index (χ0) is 14.1. The molecule has 0 radical (unpaired) electrons. The van der Waals surface area contributed by atoms with Gasteiger partial charge in [-0.2, -0.15) is 0 Å². The summed E-state index contributed by atoms with van der Waals surface area (Å²) in [5, 5.41) is 0. The first-order valence-corrected chi connectivity index (χ1v) is 7.55. The Kier molecular flexibility index (Phi) is 3.66. The Bertz CT molecular complexity index is 596. The molecule has 1 aliphatic rings. The van der Waals surface area contributed by atoms with Crippen LogP contribution >= 0.6 is 0 Å². The maximum absolute atomic E-state index is 5.88. The van der Waals surface area contributed by atoms with Crippen molar-refractivity contribution in [3.8, 4) is 0 Å². The fourth-order valence-corrected chi connectivity index (χ4v) is 2.75. The van der Waals surface area contributed by atoms with Crippen LogP contribution in [0, 0.1) is 0 Å². The minimum Gasteiger partial charge on any atom is -0.399 e. The molecule has 1 aromatic heterocycles. The summed E-state index contributed by atoms with van der Waals surface area (Å²) in [5.74, 6) is 1.95. The molecule has 1 saturated carbocycles. The minimum absolute atomic E-state index is 0.678. The summed E-state index contributed by atoms with van der Waals surface area (Å²) in [6.07, 6.45) is 5.01. The second-order valence-electron chi connectivity index (χ2n) is 6.15. The van der Waals surface area contributed by atoms with Crippen molar-refractivity contribution in [3.05, 3.63) is 24.0 Å². The molecule has 4 heteroatoms. The smallest absolute Gasteiger partial charge is 0.112 e. The topological polar surface area (TPSA) is 47.1 Å². The van der Waals surface area contributed by atoms with E-state index in [0.717, 1.165) is 24.3 Å². The van der Waals surface area contributed by atoms with Crippen LogP contribution < -0.4 is 5.73 Å². The number of unbranched alkanes of at least 4 members (excludes halogenated alkanes) is 1. The summed E-state index contributed by atoms with van der Waals surface area (Å²) < 4.78 is 2.42. The molecule has 0 spiro atoms. The lowest BCUT2D eigenvalue weighted by molar-refractivity contribution is 0.387. The van der Waals surface area contributed by atoms with Gasteiger partial charge in [-0.15, -0.1) is 0 Å². The summed E-state index contributed by atoms with van der Waals surface area (Å²) >= 11 is 0. The van der Waals surface area contributed by atoms with Gasteiger partial charge in [-0.05, 0) is 64.5 Å². The van der Waals surface area contributed by atoms with Gasteiger partial charge in [0.15, 0.2) is 0 Å². The van der Waals surface area contributed by atoms with E-state index >= 15 is 0 Å². The first kappa shape index (κ1) is 13.4. The highest BCUT2D eigenvalue weighted by molar-refractivity contribution is 5.79. The second kappa shape index (κ2) is 5.44. The van der Waals surface area contributed by atoms with Crippen LogP contribution in [0.1, 0.15) is 37.4 Å². The number of hydrogen-bond acceptors (Lipinski definition) is 3. The molecule has 0 bridgehead atoms. The van der Waals surface area contributed by atoms with Crippen LogP contribution in [-0.4, -0.2) is 35.1 Å². The third-order valence-electron chi connectivity index (χ3n) is 3.98. The highest BCUT2D eigenvalue weighted by atomic mass is 15.1. The number of aromatic nitrogens is 2. The Morgan fingerprint density at radius 1 is 1.30 bits per heavy atom. The number of rotatable bonds is 6. The summed E-state index contributed by atoms with van der Waals surface area (Å²) in [5.41, 5.74) is 8.97. The van der Waals surface area contributed by atoms with E-state index in [1.807, 2.05) is 12.1 Å². The van der Waals surface area contributed by atoms with E-state index < -0.39 is 0 Å². The van der Waals surface area contributed by atoms with Crippen molar-refractivity contribution >= 4 is 16.7 Å². The van der Waals surface area contributed by atoms with Gasteiger partial charge in [0, 0.05) is 18.2 Å². The third kappa shape index (κ3) is 2.80. The molecule has 4 nitrogen and oxygen atoms in total. The number of benzene rings is 1. The largest absolute Gasteiger partial charge is 0.399 e. The number of nitrogens with two attached hydrogens (primary N) is 1. The number of nitrogen functional groups attached to an aromatic ring is 1. The molecule has 108 valence electrons. The Hall–Kier alpha value is -1.55. The maximum Gasteiger partial charge on any atom is 0.112 e. The van der Waals surface area contributed by atoms with E-state index in [-0.39, 0.29) is 0 Å². The van der Waals surface area contributed by atoms with Gasteiger partial charge in [0.25, 0.3) is 0 Å². The molecule has 0 saturated heterocycles. The van der Waals surface area contributed by atoms with Crippen molar-refractivity contribution in [1.29, 1.82) is 0 Å². The van der Waals surface area contributed by atoms with Gasteiger partial charge in [0.2, 0.25) is 0 Å².